The first-order valence-electron chi connectivity index (χ1n) is 16.7. The van der Waals surface area contributed by atoms with E-state index in [0.717, 1.165) is 42.9 Å². The highest BCUT2D eigenvalue weighted by molar-refractivity contribution is 5.35. The van der Waals surface area contributed by atoms with E-state index in [9.17, 15) is 8.78 Å². The van der Waals surface area contributed by atoms with Crippen molar-refractivity contribution in [3.8, 4) is 11.5 Å². The summed E-state index contributed by atoms with van der Waals surface area (Å²) >= 11 is 0. The van der Waals surface area contributed by atoms with Gasteiger partial charge in [0.05, 0.1) is 13.2 Å². The number of benzene rings is 2. The lowest BCUT2D eigenvalue weighted by molar-refractivity contribution is 0.0901. The lowest BCUT2D eigenvalue weighted by Gasteiger charge is -2.42. The zero-order chi connectivity index (χ0) is 29.2. The molecule has 0 saturated heterocycles. The molecule has 5 rings (SSSR count). The molecule has 3 fully saturated rings. The maximum Gasteiger partial charge on any atom is 0.204 e. The van der Waals surface area contributed by atoms with Crippen LogP contribution in [-0.2, 0) is 6.42 Å². The van der Waals surface area contributed by atoms with Crippen LogP contribution in [0.15, 0.2) is 36.4 Å². The molecule has 0 aromatic heterocycles. The van der Waals surface area contributed by atoms with Gasteiger partial charge in [-0.15, -0.1) is 0 Å². The van der Waals surface area contributed by atoms with E-state index >= 15 is 0 Å². The lowest BCUT2D eigenvalue weighted by Crippen LogP contribution is -2.32. The zero-order valence-electron chi connectivity index (χ0n) is 26.1. The minimum Gasteiger partial charge on any atom is -0.491 e. The van der Waals surface area contributed by atoms with Crippen molar-refractivity contribution in [1.82, 2.24) is 0 Å². The fraction of sp³-hybridized carbons (Fsp3) is 0.676. The Morgan fingerprint density at radius 2 is 1.29 bits per heavy atom. The number of ether oxygens (including phenoxy) is 2. The zero-order valence-corrected chi connectivity index (χ0v) is 26.1. The van der Waals surface area contributed by atoms with E-state index in [1.165, 1.54) is 87.5 Å². The van der Waals surface area contributed by atoms with Crippen LogP contribution >= 0.6 is 0 Å². The maximum atomic E-state index is 14.3. The van der Waals surface area contributed by atoms with Gasteiger partial charge in [-0.3, -0.25) is 0 Å². The van der Waals surface area contributed by atoms with Crippen molar-refractivity contribution >= 4 is 0 Å². The van der Waals surface area contributed by atoms with Gasteiger partial charge in [-0.1, -0.05) is 83.6 Å². The Morgan fingerprint density at radius 3 is 1.93 bits per heavy atom. The van der Waals surface area contributed by atoms with Crippen molar-refractivity contribution in [2.24, 2.45) is 29.6 Å². The summed E-state index contributed by atoms with van der Waals surface area (Å²) in [4.78, 5) is 0. The molecule has 4 unspecified atom stereocenters. The van der Waals surface area contributed by atoms with Gasteiger partial charge in [0.1, 0.15) is 0 Å². The van der Waals surface area contributed by atoms with Crippen molar-refractivity contribution in [3.63, 3.8) is 0 Å². The number of hydrogen-bond donors (Lipinski definition) is 0. The van der Waals surface area contributed by atoms with Crippen LogP contribution in [0.5, 0.6) is 11.5 Å². The van der Waals surface area contributed by atoms with E-state index in [1.54, 1.807) is 6.92 Å². The summed E-state index contributed by atoms with van der Waals surface area (Å²) < 4.78 is 39.2. The van der Waals surface area contributed by atoms with Crippen LogP contribution in [0.3, 0.4) is 0 Å². The van der Waals surface area contributed by atoms with Crippen molar-refractivity contribution < 1.29 is 18.3 Å². The minimum atomic E-state index is -0.964. The van der Waals surface area contributed by atoms with E-state index in [1.807, 2.05) is 0 Å². The number of halogens is 2. The smallest absolute Gasteiger partial charge is 0.204 e. The van der Waals surface area contributed by atoms with Gasteiger partial charge in [0.2, 0.25) is 11.6 Å². The molecule has 0 radical (unpaired) electrons. The molecular weight excluding hydrogens is 514 g/mol. The second-order valence-corrected chi connectivity index (χ2v) is 13.2. The second-order valence-electron chi connectivity index (χ2n) is 13.2. The van der Waals surface area contributed by atoms with Crippen LogP contribution in [0.1, 0.15) is 122 Å². The molecule has 0 amide bonds. The van der Waals surface area contributed by atoms with Gasteiger partial charge in [-0.05, 0) is 111 Å². The van der Waals surface area contributed by atoms with Crippen LogP contribution in [0, 0.1) is 41.2 Å². The van der Waals surface area contributed by atoms with Gasteiger partial charge >= 0.3 is 0 Å². The molecule has 0 aliphatic heterocycles. The molecule has 0 bridgehead atoms. The average Bonchev–Trinajstić information content (AvgIpc) is 3.00. The van der Waals surface area contributed by atoms with Crippen molar-refractivity contribution in [2.75, 3.05) is 13.2 Å². The number of aryl methyl sites for hydroxylation is 1. The second kappa shape index (κ2) is 15.9. The van der Waals surface area contributed by atoms with E-state index in [2.05, 4.69) is 45.0 Å². The summed E-state index contributed by atoms with van der Waals surface area (Å²) in [5.41, 5.74) is 2.90. The Labute approximate surface area is 248 Å². The Bertz CT molecular complexity index is 1040. The van der Waals surface area contributed by atoms with Crippen molar-refractivity contribution in [2.45, 2.75) is 117 Å². The summed E-state index contributed by atoms with van der Waals surface area (Å²) in [6.07, 6.45) is 17.2. The van der Waals surface area contributed by atoms with Gasteiger partial charge < -0.3 is 9.47 Å². The summed E-state index contributed by atoms with van der Waals surface area (Å²) in [5, 5.41) is 0. The molecular formula is C37H54F2O2. The lowest BCUT2D eigenvalue weighted by atomic mass is 9.64. The van der Waals surface area contributed by atoms with Crippen LogP contribution in [-0.4, -0.2) is 13.2 Å². The molecule has 3 saturated carbocycles. The third-order valence-electron chi connectivity index (χ3n) is 10.2. The molecule has 0 N–H and O–H groups in total. The van der Waals surface area contributed by atoms with Crippen LogP contribution in [0.25, 0.3) is 0 Å². The Kier molecular flexibility index (Phi) is 12.4. The average molecular weight is 569 g/mol. The SMILES string of the molecule is CCCC1CCC(C)CC1.CCOc1ccc(OCC2CCC3CC(c4ccc(CC)cc4)CCC3C2)c(F)c1F. The molecule has 3 aliphatic rings. The van der Waals surface area contributed by atoms with Crippen LogP contribution in [0.4, 0.5) is 8.78 Å². The number of fused-ring (bicyclic) bond motifs is 1. The van der Waals surface area contributed by atoms with Gasteiger partial charge in [-0.25, -0.2) is 0 Å². The maximum absolute atomic E-state index is 14.3. The largest absolute Gasteiger partial charge is 0.491 e. The fourth-order valence-corrected chi connectivity index (χ4v) is 7.59. The first-order chi connectivity index (χ1) is 19.9. The van der Waals surface area contributed by atoms with Gasteiger partial charge in [0, 0.05) is 0 Å². The third kappa shape index (κ3) is 8.94. The molecule has 3 aliphatic carbocycles. The molecule has 228 valence electrons. The quantitative estimate of drug-likeness (QED) is 0.299. The van der Waals surface area contributed by atoms with Crippen molar-refractivity contribution in [3.05, 3.63) is 59.2 Å². The summed E-state index contributed by atoms with van der Waals surface area (Å²) in [6.45, 7) is 9.39. The summed E-state index contributed by atoms with van der Waals surface area (Å²) in [5.74, 6) is 2.72. The molecule has 4 heteroatoms. The molecule has 2 aromatic carbocycles. The van der Waals surface area contributed by atoms with E-state index in [4.69, 9.17) is 9.47 Å². The van der Waals surface area contributed by atoms with Gasteiger partial charge in [0.15, 0.2) is 11.5 Å². The summed E-state index contributed by atoms with van der Waals surface area (Å²) in [7, 11) is 0. The highest BCUT2D eigenvalue weighted by Crippen LogP contribution is 2.47. The van der Waals surface area contributed by atoms with E-state index in [-0.39, 0.29) is 11.5 Å². The van der Waals surface area contributed by atoms with Crippen molar-refractivity contribution in [1.29, 1.82) is 0 Å². The van der Waals surface area contributed by atoms with Gasteiger partial charge in [-0.2, -0.15) is 8.78 Å². The van der Waals surface area contributed by atoms with Crippen LogP contribution in [0.2, 0.25) is 0 Å². The Balaban J connectivity index is 0.000000328. The monoisotopic (exact) mass is 568 g/mol. The Hall–Kier alpha value is -2.10. The first kappa shape index (κ1) is 31.8. The van der Waals surface area contributed by atoms with Crippen LogP contribution < -0.4 is 9.47 Å². The molecule has 0 heterocycles. The molecule has 4 atom stereocenters. The molecule has 2 nitrogen and oxygen atoms in total. The highest BCUT2D eigenvalue weighted by atomic mass is 19.2. The van der Waals surface area contributed by atoms with E-state index < -0.39 is 11.6 Å². The predicted octanol–water partition coefficient (Wildman–Crippen LogP) is 10.9. The molecule has 41 heavy (non-hydrogen) atoms. The minimum absolute atomic E-state index is 0.0117. The fourth-order valence-electron chi connectivity index (χ4n) is 7.59. The third-order valence-corrected chi connectivity index (χ3v) is 10.2. The molecule has 0 spiro atoms. The number of hydrogen-bond acceptors (Lipinski definition) is 2. The molecule has 2 aromatic rings. The normalized spacial score (nSPS) is 27.8. The first-order valence-corrected chi connectivity index (χ1v) is 16.7. The van der Waals surface area contributed by atoms with Gasteiger partial charge in [0.25, 0.3) is 0 Å². The highest BCUT2D eigenvalue weighted by Gasteiger charge is 2.36. The topological polar surface area (TPSA) is 18.5 Å². The summed E-state index contributed by atoms with van der Waals surface area (Å²) in [6, 6.07) is 12.1. The Morgan fingerprint density at radius 1 is 0.683 bits per heavy atom. The van der Waals surface area contributed by atoms with E-state index in [0.29, 0.717) is 25.0 Å². The predicted molar refractivity (Wildman–Crippen MR) is 166 cm³/mol. The standard InChI is InChI=1S/C27H34F2O2.C10H20/c1-3-18-5-8-20(9-6-18)22-12-11-21-15-19(7-10-23(21)16-22)17-31-25-14-13-24(30-4-2)26(28)27(25)29;1-3-4-10-7-5-9(2)6-8-10/h5-6,8-9,13-14,19,21-23H,3-4,7,10-12,15-17H2,1-2H3;9-10H,3-8H2,1-2H3. The number of rotatable bonds is 9.